The van der Waals surface area contributed by atoms with Gasteiger partial charge in [-0.15, -0.1) is 0 Å². The van der Waals surface area contributed by atoms with E-state index in [0.29, 0.717) is 12.6 Å². The minimum atomic E-state index is -0.222. The standard InChI is InChI=1S/C18H26N6O2/c1-13(2)23-9-16(17(10-23)26-3)22-18(25)21-15-6-4-5-14(7-15)8-24-12-19-11-20-24/h4-7,11-13,16-17H,8-10H2,1-3H3,(H2,21,22,25). The van der Waals surface area contributed by atoms with Crippen LogP contribution in [0.5, 0.6) is 0 Å². The van der Waals surface area contributed by atoms with Crippen molar-refractivity contribution >= 4 is 11.7 Å². The number of likely N-dealkylation sites (tertiary alicyclic amines) is 1. The number of nitrogens with zero attached hydrogens (tertiary/aromatic N) is 4. The van der Waals surface area contributed by atoms with Crippen molar-refractivity contribution < 1.29 is 9.53 Å². The van der Waals surface area contributed by atoms with Crippen LogP contribution in [-0.4, -0.2) is 64.1 Å². The van der Waals surface area contributed by atoms with E-state index in [2.05, 4.69) is 39.5 Å². The molecule has 3 rings (SSSR count). The predicted octanol–water partition coefficient (Wildman–Crippen LogP) is 1.56. The van der Waals surface area contributed by atoms with Crippen molar-refractivity contribution in [1.29, 1.82) is 0 Å². The lowest BCUT2D eigenvalue weighted by molar-refractivity contribution is 0.0896. The summed E-state index contributed by atoms with van der Waals surface area (Å²) in [6, 6.07) is 7.88. The first kappa shape index (κ1) is 18.3. The molecule has 8 nitrogen and oxygen atoms in total. The lowest BCUT2D eigenvalue weighted by Gasteiger charge is -2.20. The lowest BCUT2D eigenvalue weighted by atomic mass is 10.2. The summed E-state index contributed by atoms with van der Waals surface area (Å²) in [7, 11) is 1.69. The van der Waals surface area contributed by atoms with Crippen molar-refractivity contribution in [3.05, 3.63) is 42.5 Å². The first-order chi connectivity index (χ1) is 12.5. The van der Waals surface area contributed by atoms with Crippen molar-refractivity contribution in [2.75, 3.05) is 25.5 Å². The number of rotatable bonds is 6. The molecule has 0 bridgehead atoms. The number of urea groups is 1. The Hall–Kier alpha value is -2.45. The Morgan fingerprint density at radius 2 is 2.23 bits per heavy atom. The number of nitrogens with one attached hydrogen (secondary N) is 2. The zero-order valence-corrected chi connectivity index (χ0v) is 15.4. The Morgan fingerprint density at radius 3 is 2.92 bits per heavy atom. The number of amides is 2. The van der Waals surface area contributed by atoms with Gasteiger partial charge in [0.1, 0.15) is 12.7 Å². The van der Waals surface area contributed by atoms with Gasteiger partial charge in [0.15, 0.2) is 0 Å². The zero-order chi connectivity index (χ0) is 18.5. The second-order valence-corrected chi connectivity index (χ2v) is 6.82. The van der Waals surface area contributed by atoms with Gasteiger partial charge in [-0.25, -0.2) is 14.5 Å². The van der Waals surface area contributed by atoms with Crippen LogP contribution in [0.25, 0.3) is 0 Å². The van der Waals surface area contributed by atoms with Crippen molar-refractivity contribution in [1.82, 2.24) is 25.0 Å². The summed E-state index contributed by atoms with van der Waals surface area (Å²) in [6.45, 7) is 6.52. The molecule has 0 spiro atoms. The molecule has 1 aliphatic heterocycles. The molecule has 1 fully saturated rings. The minimum Gasteiger partial charge on any atom is -0.378 e. The van der Waals surface area contributed by atoms with E-state index in [4.69, 9.17) is 4.74 Å². The maximum absolute atomic E-state index is 12.4. The quantitative estimate of drug-likeness (QED) is 0.819. The predicted molar refractivity (Wildman–Crippen MR) is 99.0 cm³/mol. The number of ether oxygens (including phenoxy) is 1. The van der Waals surface area contributed by atoms with Crippen molar-refractivity contribution in [3.8, 4) is 0 Å². The van der Waals surface area contributed by atoms with Gasteiger partial charge in [-0.1, -0.05) is 12.1 Å². The van der Waals surface area contributed by atoms with E-state index in [1.807, 2.05) is 24.3 Å². The van der Waals surface area contributed by atoms with E-state index in [1.54, 1.807) is 18.1 Å². The van der Waals surface area contributed by atoms with Crippen LogP contribution < -0.4 is 10.6 Å². The third-order valence-electron chi connectivity index (χ3n) is 4.64. The molecule has 26 heavy (non-hydrogen) atoms. The van der Waals surface area contributed by atoms with Gasteiger partial charge in [-0.2, -0.15) is 5.10 Å². The number of methoxy groups -OCH3 is 1. The molecular formula is C18H26N6O2. The topological polar surface area (TPSA) is 84.3 Å². The van der Waals surface area contributed by atoms with Crippen LogP contribution in [0.2, 0.25) is 0 Å². The number of hydrogen-bond donors (Lipinski definition) is 2. The van der Waals surface area contributed by atoms with Gasteiger partial charge in [-0.3, -0.25) is 4.90 Å². The summed E-state index contributed by atoms with van der Waals surface area (Å²) in [5, 5.41) is 10.0. The molecule has 1 aromatic carbocycles. The third-order valence-corrected chi connectivity index (χ3v) is 4.64. The summed E-state index contributed by atoms with van der Waals surface area (Å²) in [5.74, 6) is 0. The number of anilines is 1. The maximum Gasteiger partial charge on any atom is 0.319 e. The summed E-state index contributed by atoms with van der Waals surface area (Å²) in [6.07, 6.45) is 3.17. The van der Waals surface area contributed by atoms with Gasteiger partial charge in [-0.05, 0) is 31.5 Å². The van der Waals surface area contributed by atoms with Gasteiger partial charge in [0.05, 0.1) is 18.7 Å². The van der Waals surface area contributed by atoms with Crippen molar-refractivity contribution in [2.45, 2.75) is 38.6 Å². The molecule has 2 unspecified atom stereocenters. The lowest BCUT2D eigenvalue weighted by Crippen LogP contribution is -2.45. The Balaban J connectivity index is 1.58. The van der Waals surface area contributed by atoms with Crippen molar-refractivity contribution in [2.24, 2.45) is 0 Å². The largest absolute Gasteiger partial charge is 0.378 e. The molecule has 2 heterocycles. The van der Waals surface area contributed by atoms with Gasteiger partial charge in [0.2, 0.25) is 0 Å². The second kappa shape index (κ2) is 8.29. The highest BCUT2D eigenvalue weighted by molar-refractivity contribution is 5.89. The molecule has 1 aromatic heterocycles. The van der Waals surface area contributed by atoms with E-state index in [0.717, 1.165) is 24.3 Å². The maximum atomic E-state index is 12.4. The molecule has 8 heteroatoms. The highest BCUT2D eigenvalue weighted by Crippen LogP contribution is 2.16. The van der Waals surface area contributed by atoms with E-state index < -0.39 is 0 Å². The highest BCUT2D eigenvalue weighted by Gasteiger charge is 2.34. The van der Waals surface area contributed by atoms with Crippen LogP contribution in [0, 0.1) is 0 Å². The second-order valence-electron chi connectivity index (χ2n) is 6.82. The normalized spacial score (nSPS) is 20.5. The molecule has 2 atom stereocenters. The Bertz CT molecular complexity index is 718. The van der Waals surface area contributed by atoms with Gasteiger partial charge >= 0.3 is 6.03 Å². The molecule has 2 amide bonds. The first-order valence-corrected chi connectivity index (χ1v) is 8.81. The number of benzene rings is 1. The summed E-state index contributed by atoms with van der Waals surface area (Å²) < 4.78 is 7.27. The third kappa shape index (κ3) is 4.59. The Kier molecular flexibility index (Phi) is 5.85. The molecule has 0 aliphatic carbocycles. The fourth-order valence-corrected chi connectivity index (χ4v) is 3.19. The van der Waals surface area contributed by atoms with Crippen LogP contribution >= 0.6 is 0 Å². The number of hydrogen-bond acceptors (Lipinski definition) is 5. The van der Waals surface area contributed by atoms with Crippen LogP contribution in [0.4, 0.5) is 10.5 Å². The molecule has 1 saturated heterocycles. The Labute approximate surface area is 153 Å². The summed E-state index contributed by atoms with van der Waals surface area (Å²) in [5.41, 5.74) is 1.78. The molecule has 0 radical (unpaired) electrons. The minimum absolute atomic E-state index is 0.00167. The Morgan fingerprint density at radius 1 is 1.38 bits per heavy atom. The zero-order valence-electron chi connectivity index (χ0n) is 15.4. The van der Waals surface area contributed by atoms with Crippen LogP contribution in [0.15, 0.2) is 36.9 Å². The fraction of sp³-hybridized carbons (Fsp3) is 0.500. The number of carbonyl (C=O) groups is 1. The van der Waals surface area contributed by atoms with Gasteiger partial charge < -0.3 is 15.4 Å². The van der Waals surface area contributed by atoms with E-state index in [-0.39, 0.29) is 18.2 Å². The number of carbonyl (C=O) groups excluding carboxylic acids is 1. The van der Waals surface area contributed by atoms with E-state index >= 15 is 0 Å². The molecule has 0 saturated carbocycles. The van der Waals surface area contributed by atoms with E-state index in [1.165, 1.54) is 6.33 Å². The molecule has 140 valence electrons. The summed E-state index contributed by atoms with van der Waals surface area (Å²) in [4.78, 5) is 18.7. The SMILES string of the molecule is COC1CN(C(C)C)CC1NC(=O)Nc1cccc(Cn2cncn2)c1. The van der Waals surface area contributed by atoms with Crippen LogP contribution in [-0.2, 0) is 11.3 Å². The smallest absolute Gasteiger partial charge is 0.319 e. The fourth-order valence-electron chi connectivity index (χ4n) is 3.19. The molecule has 1 aliphatic rings. The first-order valence-electron chi connectivity index (χ1n) is 8.81. The highest BCUT2D eigenvalue weighted by atomic mass is 16.5. The molecular weight excluding hydrogens is 332 g/mol. The summed E-state index contributed by atoms with van der Waals surface area (Å²) >= 11 is 0. The van der Waals surface area contributed by atoms with Crippen LogP contribution in [0.1, 0.15) is 19.4 Å². The van der Waals surface area contributed by atoms with Gasteiger partial charge in [0.25, 0.3) is 0 Å². The van der Waals surface area contributed by atoms with E-state index in [9.17, 15) is 4.79 Å². The average Bonchev–Trinajstić information content (AvgIpc) is 3.24. The molecule has 2 N–H and O–H groups in total. The number of aromatic nitrogens is 3. The monoisotopic (exact) mass is 358 g/mol. The van der Waals surface area contributed by atoms with Crippen molar-refractivity contribution in [3.63, 3.8) is 0 Å². The average molecular weight is 358 g/mol. The van der Waals surface area contributed by atoms with Crippen LogP contribution in [0.3, 0.4) is 0 Å². The van der Waals surface area contributed by atoms with Gasteiger partial charge in [0, 0.05) is 31.9 Å². The molecule has 2 aromatic rings.